The van der Waals surface area contributed by atoms with Crippen molar-refractivity contribution in [3.8, 4) is 12.3 Å². The molecule has 0 aromatic heterocycles. The average Bonchev–Trinajstić information content (AvgIpc) is 3.05. The number of hydrogen-bond acceptors (Lipinski definition) is 10. The number of benzene rings is 1. The molecule has 1 aromatic carbocycles. The molecule has 0 saturated carbocycles. The summed E-state index contributed by atoms with van der Waals surface area (Å²) < 4.78 is 22.5. The molecule has 0 heterocycles. The number of alkyl carbamates (subject to hydrolysis) is 1. The van der Waals surface area contributed by atoms with E-state index in [0.717, 1.165) is 5.56 Å². The highest BCUT2D eigenvalue weighted by Crippen LogP contribution is 2.29. The molecular formula is C42H65N3O10. The largest absolute Gasteiger partial charge is 0.461 e. The summed E-state index contributed by atoms with van der Waals surface area (Å²) in [5, 5.41) is 5.28. The van der Waals surface area contributed by atoms with Gasteiger partial charge in [-0.15, -0.1) is 12.3 Å². The fraction of sp³-hybridized carbons (Fsp3) is 0.667. The molecule has 1 aromatic rings. The van der Waals surface area contributed by atoms with Gasteiger partial charge in [-0.3, -0.25) is 14.4 Å². The summed E-state index contributed by atoms with van der Waals surface area (Å²) in [6.45, 7) is 20.4. The smallest absolute Gasteiger partial charge is 0.407 e. The maximum absolute atomic E-state index is 14.0. The predicted octanol–water partition coefficient (Wildman–Crippen LogP) is 5.76. The average molecular weight is 772 g/mol. The van der Waals surface area contributed by atoms with Gasteiger partial charge in [0.2, 0.25) is 5.91 Å². The molecule has 0 bridgehead atoms. The molecule has 0 fully saturated rings. The van der Waals surface area contributed by atoms with E-state index in [1.807, 2.05) is 30.3 Å². The lowest BCUT2D eigenvalue weighted by Gasteiger charge is -2.35. The minimum absolute atomic E-state index is 0.0472. The molecule has 55 heavy (non-hydrogen) atoms. The minimum Gasteiger partial charge on any atom is -0.461 e. The van der Waals surface area contributed by atoms with Crippen molar-refractivity contribution in [1.82, 2.24) is 15.5 Å². The highest BCUT2D eigenvalue weighted by Gasteiger charge is 2.43. The van der Waals surface area contributed by atoms with Gasteiger partial charge in [-0.05, 0) is 85.6 Å². The summed E-state index contributed by atoms with van der Waals surface area (Å²) in [7, 11) is 1.47. The molecule has 2 N–H and O–H groups in total. The standard InChI is InChI=1S/C42H65N3O10/c1-15-16-18-23-31(52-32(46)24-25-43-39(51)55-41(9,10)11)42(12,13)38(50)44-33(27(2)3)37(49)53-34(28(4)5)35(47)45(14)30(36(48)54-40(6,7)8)26-29-21-19-17-20-22-29/h1,17,19-22,27-28,30-31,33-34H,16,18,23-26H2,2-14H3,(H,43,51)(H,44,50)/t30-,31+,33+,34+/m1/s1. The number of ether oxygens (including phenoxy) is 4. The molecule has 13 nitrogen and oxygen atoms in total. The lowest BCUT2D eigenvalue weighted by Crippen LogP contribution is -2.55. The SMILES string of the molecule is C#CCCC[C@H](OC(=O)CCNC(=O)OC(C)(C)C)C(C)(C)C(=O)N[C@H](C(=O)O[C@H](C(=O)N(C)[C@H](Cc1ccccc1)C(=O)OC(C)(C)C)C(C)C)C(C)C. The van der Waals surface area contributed by atoms with Crippen molar-refractivity contribution in [3.05, 3.63) is 35.9 Å². The summed E-state index contributed by atoms with van der Waals surface area (Å²) in [6.07, 6.45) is 3.63. The molecule has 0 aliphatic carbocycles. The molecule has 1 rings (SSSR count). The Morgan fingerprint density at radius 2 is 1.40 bits per heavy atom. The second-order valence-corrected chi connectivity index (χ2v) is 17.0. The van der Waals surface area contributed by atoms with Crippen LogP contribution in [0, 0.1) is 29.6 Å². The van der Waals surface area contributed by atoms with E-state index < -0.39 is 88.6 Å². The number of rotatable bonds is 19. The molecule has 308 valence electrons. The zero-order valence-corrected chi connectivity index (χ0v) is 35.2. The van der Waals surface area contributed by atoms with E-state index >= 15 is 0 Å². The lowest BCUT2D eigenvalue weighted by molar-refractivity contribution is -0.172. The van der Waals surface area contributed by atoms with Gasteiger partial charge in [0, 0.05) is 26.4 Å². The van der Waals surface area contributed by atoms with E-state index in [9.17, 15) is 28.8 Å². The van der Waals surface area contributed by atoms with Crippen LogP contribution in [-0.2, 0) is 49.3 Å². The molecule has 3 amide bonds. The zero-order chi connectivity index (χ0) is 42.3. The zero-order valence-electron chi connectivity index (χ0n) is 35.2. The molecule has 0 aliphatic heterocycles. The van der Waals surface area contributed by atoms with E-state index in [1.54, 1.807) is 83.1 Å². The van der Waals surface area contributed by atoms with Gasteiger partial charge < -0.3 is 34.5 Å². The maximum atomic E-state index is 14.0. The van der Waals surface area contributed by atoms with Crippen LogP contribution in [0.1, 0.15) is 114 Å². The summed E-state index contributed by atoms with van der Waals surface area (Å²) >= 11 is 0. The summed E-state index contributed by atoms with van der Waals surface area (Å²) in [5.74, 6) is -1.72. The number of carbonyl (C=O) groups is 6. The van der Waals surface area contributed by atoms with Crippen molar-refractivity contribution >= 4 is 35.8 Å². The first-order valence-corrected chi connectivity index (χ1v) is 18.9. The predicted molar refractivity (Wildman–Crippen MR) is 209 cm³/mol. The van der Waals surface area contributed by atoms with Gasteiger partial charge >= 0.3 is 24.0 Å². The fourth-order valence-corrected chi connectivity index (χ4v) is 5.34. The van der Waals surface area contributed by atoms with Crippen LogP contribution in [-0.4, -0.2) is 89.8 Å². The van der Waals surface area contributed by atoms with E-state index in [1.165, 1.54) is 11.9 Å². The number of terminal acetylenes is 1. The molecule has 0 saturated heterocycles. The van der Waals surface area contributed by atoms with Gasteiger partial charge in [0.25, 0.3) is 5.91 Å². The van der Waals surface area contributed by atoms with Gasteiger partial charge in [-0.1, -0.05) is 58.0 Å². The van der Waals surface area contributed by atoms with Crippen molar-refractivity contribution in [1.29, 1.82) is 0 Å². The van der Waals surface area contributed by atoms with Gasteiger partial charge in [-0.25, -0.2) is 14.4 Å². The highest BCUT2D eigenvalue weighted by atomic mass is 16.6. The minimum atomic E-state index is -1.35. The number of esters is 3. The summed E-state index contributed by atoms with van der Waals surface area (Å²) in [5.41, 5.74) is -2.06. The second-order valence-electron chi connectivity index (χ2n) is 17.0. The Labute approximate surface area is 328 Å². The van der Waals surface area contributed by atoms with Crippen LogP contribution in [0.2, 0.25) is 0 Å². The third kappa shape index (κ3) is 17.2. The van der Waals surface area contributed by atoms with Crippen molar-refractivity contribution < 1.29 is 47.7 Å². The first-order valence-electron chi connectivity index (χ1n) is 18.9. The van der Waals surface area contributed by atoms with Crippen LogP contribution in [0.5, 0.6) is 0 Å². The van der Waals surface area contributed by atoms with Crippen molar-refractivity contribution in [2.75, 3.05) is 13.6 Å². The molecule has 4 atom stereocenters. The van der Waals surface area contributed by atoms with E-state index in [2.05, 4.69) is 16.6 Å². The normalized spacial score (nSPS) is 14.1. The number of hydrogen-bond donors (Lipinski definition) is 2. The Bertz CT molecular complexity index is 1490. The van der Waals surface area contributed by atoms with Gasteiger partial charge in [-0.2, -0.15) is 0 Å². The Balaban J connectivity index is 3.23. The van der Waals surface area contributed by atoms with E-state index in [4.69, 9.17) is 25.4 Å². The van der Waals surface area contributed by atoms with Crippen LogP contribution in [0.3, 0.4) is 0 Å². The van der Waals surface area contributed by atoms with E-state index in [-0.39, 0.29) is 25.8 Å². The van der Waals surface area contributed by atoms with Crippen LogP contribution in [0.25, 0.3) is 0 Å². The molecule has 0 radical (unpaired) electrons. The van der Waals surface area contributed by atoms with Crippen molar-refractivity contribution in [2.24, 2.45) is 17.3 Å². The Kier molecular flexibility index (Phi) is 18.9. The molecule has 0 aliphatic rings. The lowest BCUT2D eigenvalue weighted by atomic mass is 9.82. The Morgan fingerprint density at radius 3 is 1.91 bits per heavy atom. The monoisotopic (exact) mass is 771 g/mol. The van der Waals surface area contributed by atoms with Gasteiger partial charge in [0.15, 0.2) is 6.10 Å². The molecular weight excluding hydrogens is 706 g/mol. The highest BCUT2D eigenvalue weighted by molar-refractivity contribution is 5.91. The topological polar surface area (TPSA) is 167 Å². The molecule has 0 spiro atoms. The number of carbonyl (C=O) groups excluding carboxylic acids is 6. The van der Waals surface area contributed by atoms with E-state index in [0.29, 0.717) is 12.8 Å². The third-order valence-electron chi connectivity index (χ3n) is 8.51. The van der Waals surface area contributed by atoms with Crippen LogP contribution >= 0.6 is 0 Å². The Hall–Kier alpha value is -4.60. The quantitative estimate of drug-likeness (QED) is 0.0764. The number of unbranched alkanes of at least 4 members (excludes halogenated alkanes) is 1. The number of nitrogens with one attached hydrogen (secondary N) is 2. The van der Waals surface area contributed by atoms with Crippen molar-refractivity contribution in [2.45, 2.75) is 151 Å². The second kappa shape index (κ2) is 21.5. The maximum Gasteiger partial charge on any atom is 0.407 e. The third-order valence-corrected chi connectivity index (χ3v) is 8.51. The summed E-state index contributed by atoms with van der Waals surface area (Å²) in [4.78, 5) is 81.4. The fourth-order valence-electron chi connectivity index (χ4n) is 5.34. The Morgan fingerprint density at radius 1 is 0.818 bits per heavy atom. The number of nitrogens with zero attached hydrogens (tertiary/aromatic N) is 1. The van der Waals surface area contributed by atoms with Gasteiger partial charge in [0.1, 0.15) is 29.4 Å². The van der Waals surface area contributed by atoms with Gasteiger partial charge in [0.05, 0.1) is 11.8 Å². The summed E-state index contributed by atoms with van der Waals surface area (Å²) in [6, 6.07) is 7.01. The first kappa shape index (κ1) is 48.4. The van der Waals surface area contributed by atoms with Crippen LogP contribution in [0.15, 0.2) is 30.3 Å². The first-order chi connectivity index (χ1) is 25.3. The van der Waals surface area contributed by atoms with Crippen LogP contribution < -0.4 is 10.6 Å². The van der Waals surface area contributed by atoms with Crippen LogP contribution in [0.4, 0.5) is 4.79 Å². The number of likely N-dealkylation sites (N-methyl/N-ethyl adjacent to an activating group) is 1. The van der Waals surface area contributed by atoms with Crippen molar-refractivity contribution in [3.63, 3.8) is 0 Å². The number of amides is 3. The molecule has 13 heteroatoms. The molecule has 0 unspecified atom stereocenters.